The summed E-state index contributed by atoms with van der Waals surface area (Å²) in [5, 5.41) is 12.5. The number of likely N-dealkylation sites (tertiary alicyclic amines) is 2. The van der Waals surface area contributed by atoms with E-state index in [4.69, 9.17) is 20.6 Å². The second-order valence-corrected chi connectivity index (χ2v) is 15.8. The Labute approximate surface area is 338 Å². The number of carboxylic acid groups (broad SMARTS) is 1. The summed E-state index contributed by atoms with van der Waals surface area (Å²) in [5.74, 6) is -0.969. The zero-order valence-electron chi connectivity index (χ0n) is 34.4. The summed E-state index contributed by atoms with van der Waals surface area (Å²) >= 11 is 0. The van der Waals surface area contributed by atoms with Gasteiger partial charge in [-0.3, -0.25) is 9.59 Å². The third kappa shape index (κ3) is 8.43. The highest BCUT2D eigenvalue weighted by molar-refractivity contribution is 5.87. The molecule has 2 aromatic heterocycles. The van der Waals surface area contributed by atoms with E-state index in [1.807, 2.05) is 62.4 Å². The number of carbonyl (C=O) groups excluding carboxylic acids is 3. The van der Waals surface area contributed by atoms with Crippen molar-refractivity contribution in [2.24, 2.45) is 11.8 Å². The smallest absolute Gasteiger partial charge is 0.407 e. The number of alkyl carbamates (subject to hydrolysis) is 1. The van der Waals surface area contributed by atoms with E-state index >= 15 is 0 Å². The molecule has 16 nitrogen and oxygen atoms in total. The normalized spacial score (nSPS) is 20.3. The summed E-state index contributed by atoms with van der Waals surface area (Å²) in [7, 11) is 1.27. The molecule has 5 heterocycles. The number of carbonyl (C=O) groups is 4. The van der Waals surface area contributed by atoms with Gasteiger partial charge in [-0.1, -0.05) is 76.2 Å². The number of amides is 4. The number of ether oxygens (including phenoxy) is 3. The van der Waals surface area contributed by atoms with Crippen molar-refractivity contribution >= 4 is 24.0 Å². The Bertz CT molecular complexity index is 2130. The van der Waals surface area contributed by atoms with Crippen molar-refractivity contribution in [2.45, 2.75) is 83.3 Å². The predicted molar refractivity (Wildman–Crippen MR) is 213 cm³/mol. The van der Waals surface area contributed by atoms with Gasteiger partial charge in [0.25, 0.3) is 0 Å². The molecule has 0 unspecified atom stereocenters. The zero-order chi connectivity index (χ0) is 42.0. The first-order valence-corrected chi connectivity index (χ1v) is 19.8. The van der Waals surface area contributed by atoms with Crippen LogP contribution in [0.25, 0.3) is 33.6 Å². The monoisotopic (exact) mass is 797 g/mol. The number of aromatic amines is 2. The molecule has 5 N–H and O–H groups in total. The van der Waals surface area contributed by atoms with Gasteiger partial charge in [0, 0.05) is 13.0 Å². The molecule has 0 aliphatic carbocycles. The maximum atomic E-state index is 14.0. The van der Waals surface area contributed by atoms with Gasteiger partial charge in [-0.05, 0) is 53.4 Å². The van der Waals surface area contributed by atoms with Gasteiger partial charge in [0.05, 0.1) is 62.7 Å². The van der Waals surface area contributed by atoms with Gasteiger partial charge in [0.15, 0.2) is 7.20 Å². The van der Waals surface area contributed by atoms with E-state index in [9.17, 15) is 24.3 Å². The minimum Gasteiger partial charge on any atom is -0.465 e. The van der Waals surface area contributed by atoms with Crippen LogP contribution in [-0.2, 0) is 23.8 Å². The van der Waals surface area contributed by atoms with Gasteiger partial charge in [0.2, 0.25) is 11.8 Å². The maximum absolute atomic E-state index is 14.0. The molecule has 0 radical (unpaired) electrons. The molecule has 2 aromatic carbocycles. The van der Waals surface area contributed by atoms with Crippen LogP contribution < -0.4 is 10.6 Å². The number of imidazole rings is 2. The lowest BCUT2D eigenvalue weighted by Gasteiger charge is -2.34. The first-order chi connectivity index (χ1) is 28.3. The first-order valence-electron chi connectivity index (χ1n) is 20.3. The Balaban J connectivity index is 1.04. The fourth-order valence-electron chi connectivity index (χ4n) is 8.10. The summed E-state index contributed by atoms with van der Waals surface area (Å²) in [4.78, 5) is 70.7. The Morgan fingerprint density at radius 3 is 1.84 bits per heavy atom. The first kappa shape index (κ1) is 39.1. The second kappa shape index (κ2) is 17.0. The molecule has 58 heavy (non-hydrogen) atoms. The van der Waals surface area contributed by atoms with E-state index < -0.39 is 42.0 Å². The fraction of sp³-hybridized carbons (Fsp3) is 0.476. The summed E-state index contributed by atoms with van der Waals surface area (Å²) < 4.78 is 25.0. The Morgan fingerprint density at radius 1 is 0.810 bits per heavy atom. The van der Waals surface area contributed by atoms with Crippen LogP contribution >= 0.6 is 0 Å². The number of rotatable bonds is 11. The van der Waals surface area contributed by atoms with Crippen LogP contribution in [-0.4, -0.2) is 110 Å². The van der Waals surface area contributed by atoms with E-state index in [0.717, 1.165) is 46.5 Å². The SMILES string of the molecule is [2H]N(C(=O)O)[C@H](C(=O)N1CCC[C@H]1c1ncc(-c2ccc(-c3ccc(-c4cnc([C@@H]5CC6(CN5C(=O)[C@@H](NC(=O)OC)C(C)C)OCCCO6)[nH]4)cc3)cc2)[nH]1)C(C)C. The molecule has 16 heteroatoms. The number of nitrogens with one attached hydrogen (secondary N) is 4. The average Bonchev–Trinajstić information content (AvgIpc) is 4.07. The van der Waals surface area contributed by atoms with E-state index in [0.29, 0.717) is 49.6 Å². The van der Waals surface area contributed by atoms with Gasteiger partial charge in [-0.25, -0.2) is 19.6 Å². The highest BCUT2D eigenvalue weighted by atomic mass is 16.7. The fourth-order valence-corrected chi connectivity index (χ4v) is 8.10. The van der Waals surface area contributed by atoms with Crippen molar-refractivity contribution in [2.75, 3.05) is 33.4 Å². The van der Waals surface area contributed by atoms with Gasteiger partial charge < -0.3 is 49.7 Å². The van der Waals surface area contributed by atoms with Crippen LogP contribution in [0, 0.1) is 11.8 Å². The summed E-state index contributed by atoms with van der Waals surface area (Å²) in [6, 6.07) is 13.4. The number of methoxy groups -OCH3 is 1. The molecule has 3 aliphatic heterocycles. The molecule has 0 saturated carbocycles. The number of hydrogen-bond acceptors (Lipinski definition) is 9. The molecule has 3 aliphatic rings. The van der Waals surface area contributed by atoms with Crippen molar-refractivity contribution in [3.8, 4) is 33.6 Å². The number of H-pyrrole nitrogens is 2. The lowest BCUT2D eigenvalue weighted by Crippen LogP contribution is -2.52. The Kier molecular flexibility index (Phi) is 11.5. The number of hydrogen-bond donors (Lipinski definition) is 5. The maximum Gasteiger partial charge on any atom is 0.407 e. The van der Waals surface area contributed by atoms with E-state index in [2.05, 4.69) is 20.3 Å². The van der Waals surface area contributed by atoms with Gasteiger partial charge in [-0.2, -0.15) is 0 Å². The molecule has 0 bridgehead atoms. The zero-order valence-corrected chi connectivity index (χ0v) is 33.4. The average molecular weight is 798 g/mol. The van der Waals surface area contributed by atoms with Crippen molar-refractivity contribution in [3.63, 3.8) is 0 Å². The van der Waals surface area contributed by atoms with Crippen molar-refractivity contribution in [1.29, 1.82) is 0 Å². The van der Waals surface area contributed by atoms with Crippen LogP contribution in [0.2, 0.25) is 1.41 Å². The molecule has 3 fully saturated rings. The Hall–Kier alpha value is -5.74. The lowest BCUT2D eigenvalue weighted by atomic mass is 10.0. The molecule has 1 spiro atoms. The van der Waals surface area contributed by atoms with Crippen molar-refractivity contribution < 1.29 is 39.9 Å². The van der Waals surface area contributed by atoms with Crippen LogP contribution in [0.15, 0.2) is 60.9 Å². The van der Waals surface area contributed by atoms with E-state index in [1.165, 1.54) is 7.11 Å². The molecule has 7 rings (SSSR count). The quantitative estimate of drug-likeness (QED) is 0.122. The van der Waals surface area contributed by atoms with Gasteiger partial charge in [0.1, 0.15) is 23.7 Å². The largest absolute Gasteiger partial charge is 0.465 e. The number of benzene rings is 2. The molecule has 4 amide bonds. The number of nitrogens with zero attached hydrogens (tertiary/aromatic N) is 4. The molecule has 308 valence electrons. The highest BCUT2D eigenvalue weighted by Gasteiger charge is 2.52. The summed E-state index contributed by atoms with van der Waals surface area (Å²) in [6.07, 6.45) is 3.94. The molecular formula is C42H52N8O8. The standard InChI is InChI=1S/C42H52N8O8/c1-24(2)34(47-40(53)54)38(51)49-17-6-8-32(49)36-43-21-30(45-36)28-13-9-26(10-14-28)27-11-15-29(16-12-27)31-22-44-37(46-31)33-20-42(57-18-7-19-58-42)23-50(33)39(52)35(25(3)4)48-41(55)56-5/h9-16,21-22,24-25,32-35,47H,6-8,17-20,23H2,1-5H3,(H,43,45)(H,44,46)(H,48,55)(H,53,54)/t32-,33-,34-,35-/m0/s1/i/hD. The lowest BCUT2D eigenvalue weighted by molar-refractivity contribution is -0.257. The topological polar surface area (TPSA) is 204 Å². The Morgan fingerprint density at radius 2 is 1.33 bits per heavy atom. The molecule has 3 saturated heterocycles. The minimum atomic E-state index is -1.46. The van der Waals surface area contributed by atoms with Gasteiger partial charge in [-0.15, -0.1) is 0 Å². The summed E-state index contributed by atoms with van der Waals surface area (Å²) in [5.41, 5.74) is 5.42. The highest BCUT2D eigenvalue weighted by Crippen LogP contribution is 2.42. The third-order valence-corrected chi connectivity index (χ3v) is 11.2. The minimum absolute atomic E-state index is 0.201. The second-order valence-electron chi connectivity index (χ2n) is 15.8. The molecule has 4 aromatic rings. The predicted octanol–water partition coefficient (Wildman–Crippen LogP) is 5.88. The summed E-state index contributed by atoms with van der Waals surface area (Å²) in [6.45, 7) is 8.93. The van der Waals surface area contributed by atoms with E-state index in [-0.39, 0.29) is 30.3 Å². The van der Waals surface area contributed by atoms with Crippen LogP contribution in [0.3, 0.4) is 0 Å². The van der Waals surface area contributed by atoms with Crippen molar-refractivity contribution in [3.05, 3.63) is 72.6 Å². The molecular weight excluding hydrogens is 745 g/mol. The molecule has 4 atom stereocenters. The third-order valence-electron chi connectivity index (χ3n) is 11.2. The van der Waals surface area contributed by atoms with Crippen molar-refractivity contribution in [1.82, 2.24) is 40.4 Å². The van der Waals surface area contributed by atoms with Crippen LogP contribution in [0.4, 0.5) is 9.59 Å². The van der Waals surface area contributed by atoms with Gasteiger partial charge >= 0.3 is 12.2 Å². The van der Waals surface area contributed by atoms with Crippen LogP contribution in [0.5, 0.6) is 0 Å². The van der Waals surface area contributed by atoms with E-state index in [1.54, 1.807) is 36.0 Å². The van der Waals surface area contributed by atoms with Crippen LogP contribution in [0.1, 0.15) is 77.1 Å². The number of aromatic nitrogens is 4.